The molecule has 4 heteroatoms. The average Bonchev–Trinajstić information content (AvgIpc) is 2.69. The summed E-state index contributed by atoms with van der Waals surface area (Å²) >= 11 is 0. The third kappa shape index (κ3) is 3.70. The number of nitrogens with zero attached hydrogens (tertiary/aromatic N) is 1. The van der Waals surface area contributed by atoms with E-state index >= 15 is 0 Å². The Morgan fingerprint density at radius 2 is 1.38 bits per heavy atom. The molecule has 0 aliphatic rings. The van der Waals surface area contributed by atoms with Crippen molar-refractivity contribution in [3.8, 4) is 0 Å². The van der Waals surface area contributed by atoms with Gasteiger partial charge in [0.15, 0.2) is 5.78 Å². The van der Waals surface area contributed by atoms with E-state index in [9.17, 15) is 14.0 Å². The number of carbonyl (C=O) groups is 2. The molecule has 3 aromatic carbocycles. The van der Waals surface area contributed by atoms with Crippen molar-refractivity contribution in [1.82, 2.24) is 4.90 Å². The summed E-state index contributed by atoms with van der Waals surface area (Å²) < 4.78 is 13.9. The van der Waals surface area contributed by atoms with Crippen molar-refractivity contribution in [1.29, 1.82) is 0 Å². The van der Waals surface area contributed by atoms with Gasteiger partial charge in [-0.05, 0) is 12.1 Å². The summed E-state index contributed by atoms with van der Waals surface area (Å²) in [6.45, 7) is 0.124. The molecule has 3 rings (SSSR count). The van der Waals surface area contributed by atoms with Gasteiger partial charge < -0.3 is 4.90 Å². The van der Waals surface area contributed by atoms with E-state index in [1.54, 1.807) is 73.8 Å². The number of hydrogen-bond donors (Lipinski definition) is 0. The van der Waals surface area contributed by atoms with Crippen LogP contribution in [0.2, 0.25) is 0 Å². The second-order valence-electron chi connectivity index (χ2n) is 5.99. The topological polar surface area (TPSA) is 37.4 Å². The highest BCUT2D eigenvalue weighted by Crippen LogP contribution is 2.18. The Bertz CT molecular complexity index is 938. The molecule has 0 spiro atoms. The molecule has 0 aliphatic heterocycles. The smallest absolute Gasteiger partial charge is 0.254 e. The molecule has 1 amide bonds. The van der Waals surface area contributed by atoms with Crippen molar-refractivity contribution in [2.45, 2.75) is 6.54 Å². The van der Waals surface area contributed by atoms with Crippen LogP contribution in [-0.2, 0) is 6.54 Å². The standard InChI is InChI=1S/C22H18FNO2/c1-24(15-17-11-5-8-14-20(17)23)22(26)19-13-7-6-12-18(19)21(25)16-9-3-2-4-10-16/h2-14H,15H2,1H3. The molecule has 0 atom stereocenters. The summed E-state index contributed by atoms with van der Waals surface area (Å²) in [6.07, 6.45) is 0. The molecular formula is C22H18FNO2. The minimum absolute atomic E-state index is 0.124. The second kappa shape index (κ2) is 7.74. The van der Waals surface area contributed by atoms with Crippen molar-refractivity contribution in [2.24, 2.45) is 0 Å². The second-order valence-corrected chi connectivity index (χ2v) is 5.99. The normalized spacial score (nSPS) is 10.4. The maximum absolute atomic E-state index is 13.9. The summed E-state index contributed by atoms with van der Waals surface area (Å²) in [6, 6.07) is 21.9. The van der Waals surface area contributed by atoms with Crippen LogP contribution in [0.5, 0.6) is 0 Å². The van der Waals surface area contributed by atoms with Gasteiger partial charge in [-0.2, -0.15) is 0 Å². The summed E-state index contributed by atoms with van der Waals surface area (Å²) in [4.78, 5) is 27.1. The van der Waals surface area contributed by atoms with Gasteiger partial charge in [-0.1, -0.05) is 66.7 Å². The molecule has 0 saturated heterocycles. The fraction of sp³-hybridized carbons (Fsp3) is 0.0909. The Labute approximate surface area is 151 Å². The minimum Gasteiger partial charge on any atom is -0.337 e. The lowest BCUT2D eigenvalue weighted by atomic mass is 9.97. The van der Waals surface area contributed by atoms with Gasteiger partial charge in [-0.25, -0.2) is 4.39 Å². The van der Waals surface area contributed by atoms with Crippen molar-refractivity contribution >= 4 is 11.7 Å². The number of benzene rings is 3. The zero-order chi connectivity index (χ0) is 18.5. The van der Waals surface area contributed by atoms with Crippen LogP contribution in [0, 0.1) is 5.82 Å². The van der Waals surface area contributed by atoms with Crippen LogP contribution in [-0.4, -0.2) is 23.6 Å². The van der Waals surface area contributed by atoms with E-state index in [1.807, 2.05) is 6.07 Å². The van der Waals surface area contributed by atoms with Gasteiger partial charge in [0, 0.05) is 30.3 Å². The summed E-state index contributed by atoms with van der Waals surface area (Å²) in [5, 5.41) is 0. The Balaban J connectivity index is 1.88. The molecule has 3 nitrogen and oxygen atoms in total. The number of carbonyl (C=O) groups excluding carboxylic acids is 2. The predicted molar refractivity (Wildman–Crippen MR) is 98.5 cm³/mol. The Hall–Kier alpha value is -3.27. The molecule has 3 aromatic rings. The van der Waals surface area contributed by atoms with Gasteiger partial charge in [0.05, 0.1) is 5.56 Å². The molecule has 0 unspecified atom stereocenters. The maximum Gasteiger partial charge on any atom is 0.254 e. The molecule has 0 N–H and O–H groups in total. The average molecular weight is 347 g/mol. The highest BCUT2D eigenvalue weighted by Gasteiger charge is 2.21. The zero-order valence-corrected chi connectivity index (χ0v) is 14.4. The summed E-state index contributed by atoms with van der Waals surface area (Å²) in [5.74, 6) is -0.900. The molecule has 0 heterocycles. The van der Waals surface area contributed by atoms with Gasteiger partial charge in [-0.15, -0.1) is 0 Å². The quantitative estimate of drug-likeness (QED) is 0.644. The first-order valence-electron chi connectivity index (χ1n) is 8.25. The van der Waals surface area contributed by atoms with Crippen molar-refractivity contribution < 1.29 is 14.0 Å². The fourth-order valence-electron chi connectivity index (χ4n) is 2.77. The van der Waals surface area contributed by atoms with Crippen molar-refractivity contribution in [3.63, 3.8) is 0 Å². The van der Waals surface area contributed by atoms with Crippen molar-refractivity contribution in [3.05, 3.63) is 107 Å². The number of amides is 1. The molecule has 0 aliphatic carbocycles. The van der Waals surface area contributed by atoms with Crippen LogP contribution in [0.4, 0.5) is 4.39 Å². The molecule has 0 saturated carbocycles. The van der Waals surface area contributed by atoms with Crippen LogP contribution in [0.25, 0.3) is 0 Å². The first-order valence-corrected chi connectivity index (χ1v) is 8.25. The number of ketones is 1. The molecule has 130 valence electrons. The number of rotatable bonds is 5. The van der Waals surface area contributed by atoms with E-state index < -0.39 is 0 Å². The van der Waals surface area contributed by atoms with E-state index in [0.717, 1.165) is 0 Å². The minimum atomic E-state index is -0.360. The fourth-order valence-corrected chi connectivity index (χ4v) is 2.77. The van der Waals surface area contributed by atoms with Crippen LogP contribution in [0.3, 0.4) is 0 Å². The Morgan fingerprint density at radius 1 is 0.808 bits per heavy atom. The monoisotopic (exact) mass is 347 g/mol. The first kappa shape index (κ1) is 17.5. The van der Waals surface area contributed by atoms with Crippen LogP contribution in [0.15, 0.2) is 78.9 Å². The first-order chi connectivity index (χ1) is 12.6. The van der Waals surface area contributed by atoms with Gasteiger partial charge in [-0.3, -0.25) is 9.59 Å². The zero-order valence-electron chi connectivity index (χ0n) is 14.4. The molecule has 0 radical (unpaired) electrons. The third-order valence-corrected chi connectivity index (χ3v) is 4.15. The molecule has 26 heavy (non-hydrogen) atoms. The van der Waals surface area contributed by atoms with Gasteiger partial charge >= 0.3 is 0 Å². The van der Waals surface area contributed by atoms with Gasteiger partial charge in [0.1, 0.15) is 5.82 Å². The predicted octanol–water partition coefficient (Wildman–Crippen LogP) is 4.33. The number of halogens is 1. The maximum atomic E-state index is 13.9. The highest BCUT2D eigenvalue weighted by molar-refractivity contribution is 6.15. The van der Waals surface area contributed by atoms with E-state index in [-0.39, 0.29) is 24.1 Å². The molecular weight excluding hydrogens is 329 g/mol. The van der Waals surface area contributed by atoms with E-state index in [1.165, 1.54) is 11.0 Å². The molecule has 0 fully saturated rings. The van der Waals surface area contributed by atoms with Gasteiger partial charge in [0.2, 0.25) is 0 Å². The van der Waals surface area contributed by atoms with E-state index in [2.05, 4.69) is 0 Å². The van der Waals surface area contributed by atoms with Crippen LogP contribution in [0.1, 0.15) is 31.8 Å². The summed E-state index contributed by atoms with van der Waals surface area (Å²) in [5.41, 5.74) is 1.59. The van der Waals surface area contributed by atoms with Gasteiger partial charge in [0.25, 0.3) is 5.91 Å². The molecule has 0 aromatic heterocycles. The summed E-state index contributed by atoms with van der Waals surface area (Å²) in [7, 11) is 1.60. The largest absolute Gasteiger partial charge is 0.337 e. The van der Waals surface area contributed by atoms with Crippen molar-refractivity contribution in [2.75, 3.05) is 7.05 Å². The lowest BCUT2D eigenvalue weighted by Gasteiger charge is -2.19. The van der Waals surface area contributed by atoms with Crippen LogP contribution >= 0.6 is 0 Å². The van der Waals surface area contributed by atoms with Crippen LogP contribution < -0.4 is 0 Å². The molecule has 0 bridgehead atoms. The Morgan fingerprint density at radius 3 is 2.08 bits per heavy atom. The van der Waals surface area contributed by atoms with E-state index in [4.69, 9.17) is 0 Å². The Kier molecular flexibility index (Phi) is 5.23. The lowest BCUT2D eigenvalue weighted by molar-refractivity contribution is 0.0779. The number of hydrogen-bond acceptors (Lipinski definition) is 2. The third-order valence-electron chi connectivity index (χ3n) is 4.15. The lowest BCUT2D eigenvalue weighted by Crippen LogP contribution is -2.28. The SMILES string of the molecule is CN(Cc1ccccc1F)C(=O)c1ccccc1C(=O)c1ccccc1. The highest BCUT2D eigenvalue weighted by atomic mass is 19.1. The van der Waals surface area contributed by atoms with E-state index in [0.29, 0.717) is 22.3 Å².